The van der Waals surface area contributed by atoms with Crippen LogP contribution < -0.4 is 5.32 Å². The molecule has 0 bridgehead atoms. The average Bonchev–Trinajstić information content (AvgIpc) is 2.02. The summed E-state index contributed by atoms with van der Waals surface area (Å²) in [5, 5.41) is 3.65. The zero-order valence-corrected chi connectivity index (χ0v) is 9.34. The molecule has 72 valence electrons. The molecule has 0 atom stereocenters. The fourth-order valence-electron chi connectivity index (χ4n) is 1.35. The first kappa shape index (κ1) is 10.4. The summed E-state index contributed by atoms with van der Waals surface area (Å²) >= 11 is 2.09. The van der Waals surface area contributed by atoms with Gasteiger partial charge in [-0.3, -0.25) is 0 Å². The van der Waals surface area contributed by atoms with Gasteiger partial charge >= 0.3 is 0 Å². The van der Waals surface area contributed by atoms with E-state index in [1.54, 1.807) is 0 Å². The second-order valence-corrected chi connectivity index (χ2v) is 6.05. The van der Waals surface area contributed by atoms with Crippen molar-refractivity contribution in [1.82, 2.24) is 5.32 Å². The Kier molecular flexibility index (Phi) is 3.91. The predicted molar refractivity (Wildman–Crippen MR) is 57.8 cm³/mol. The summed E-state index contributed by atoms with van der Waals surface area (Å²) in [6, 6.07) is 0.797. The van der Waals surface area contributed by atoms with Crippen LogP contribution in [0.5, 0.6) is 0 Å². The van der Waals surface area contributed by atoms with Crippen LogP contribution in [0.4, 0.5) is 0 Å². The summed E-state index contributed by atoms with van der Waals surface area (Å²) in [7, 11) is 0. The largest absolute Gasteiger partial charge is 0.313 e. The van der Waals surface area contributed by atoms with Crippen molar-refractivity contribution in [2.45, 2.75) is 39.7 Å². The van der Waals surface area contributed by atoms with E-state index in [0.29, 0.717) is 5.41 Å². The Morgan fingerprint density at radius 3 is 2.33 bits per heavy atom. The number of thioether (sulfide) groups is 1. The highest BCUT2D eigenvalue weighted by Gasteiger charge is 2.16. The maximum atomic E-state index is 3.65. The van der Waals surface area contributed by atoms with Crippen molar-refractivity contribution < 1.29 is 0 Å². The van der Waals surface area contributed by atoms with E-state index in [2.05, 4.69) is 37.8 Å². The van der Waals surface area contributed by atoms with Gasteiger partial charge in [-0.25, -0.2) is 0 Å². The molecule has 0 aromatic carbocycles. The van der Waals surface area contributed by atoms with Crippen LogP contribution in [-0.2, 0) is 0 Å². The first-order valence-electron chi connectivity index (χ1n) is 4.89. The van der Waals surface area contributed by atoms with Crippen LogP contribution in [0.1, 0.15) is 33.6 Å². The molecule has 12 heavy (non-hydrogen) atoms. The smallest absolute Gasteiger partial charge is 0.00829 e. The second-order valence-electron chi connectivity index (χ2n) is 4.83. The topological polar surface area (TPSA) is 12.0 Å². The lowest BCUT2D eigenvalue weighted by Gasteiger charge is -2.27. The van der Waals surface area contributed by atoms with Crippen LogP contribution in [0.15, 0.2) is 0 Å². The number of hydrogen-bond donors (Lipinski definition) is 1. The SMILES string of the molecule is CC(C)(C)CNC1CCSCC1. The molecule has 0 aromatic heterocycles. The molecule has 1 nitrogen and oxygen atoms in total. The summed E-state index contributed by atoms with van der Waals surface area (Å²) in [5.41, 5.74) is 0.435. The Balaban J connectivity index is 2.13. The van der Waals surface area contributed by atoms with Gasteiger partial charge in [-0.15, -0.1) is 0 Å². The molecule has 1 fully saturated rings. The average molecular weight is 187 g/mol. The zero-order valence-electron chi connectivity index (χ0n) is 8.52. The number of nitrogens with one attached hydrogen (secondary N) is 1. The summed E-state index contributed by atoms with van der Waals surface area (Å²) in [6.07, 6.45) is 2.72. The van der Waals surface area contributed by atoms with Gasteiger partial charge in [-0.05, 0) is 29.8 Å². The fourth-order valence-corrected chi connectivity index (χ4v) is 2.46. The predicted octanol–water partition coefficient (Wildman–Crippen LogP) is 2.52. The lowest BCUT2D eigenvalue weighted by atomic mass is 9.96. The van der Waals surface area contributed by atoms with Crippen molar-refractivity contribution in [3.8, 4) is 0 Å². The Morgan fingerprint density at radius 1 is 1.25 bits per heavy atom. The molecule has 0 saturated carbocycles. The van der Waals surface area contributed by atoms with E-state index < -0.39 is 0 Å². The van der Waals surface area contributed by atoms with Crippen molar-refractivity contribution in [2.75, 3.05) is 18.1 Å². The van der Waals surface area contributed by atoms with Gasteiger partial charge in [0.15, 0.2) is 0 Å². The normalized spacial score (nSPS) is 21.2. The molecular weight excluding hydrogens is 166 g/mol. The Bertz CT molecular complexity index is 122. The monoisotopic (exact) mass is 187 g/mol. The third-order valence-corrected chi connectivity index (χ3v) is 3.19. The van der Waals surface area contributed by atoms with Crippen molar-refractivity contribution in [1.29, 1.82) is 0 Å². The summed E-state index contributed by atoms with van der Waals surface area (Å²) in [6.45, 7) is 8.02. The highest BCUT2D eigenvalue weighted by Crippen LogP contribution is 2.18. The van der Waals surface area contributed by atoms with Crippen LogP contribution in [0.3, 0.4) is 0 Å². The van der Waals surface area contributed by atoms with Gasteiger partial charge in [0.1, 0.15) is 0 Å². The minimum absolute atomic E-state index is 0.435. The molecule has 1 N–H and O–H groups in total. The van der Waals surface area contributed by atoms with Crippen molar-refractivity contribution >= 4 is 11.8 Å². The van der Waals surface area contributed by atoms with E-state index >= 15 is 0 Å². The van der Waals surface area contributed by atoms with Gasteiger partial charge in [0.05, 0.1) is 0 Å². The van der Waals surface area contributed by atoms with E-state index in [9.17, 15) is 0 Å². The first-order valence-corrected chi connectivity index (χ1v) is 6.04. The van der Waals surface area contributed by atoms with Gasteiger partial charge in [-0.1, -0.05) is 20.8 Å². The highest BCUT2D eigenvalue weighted by molar-refractivity contribution is 7.99. The number of rotatable bonds is 2. The number of hydrogen-bond acceptors (Lipinski definition) is 2. The molecule has 1 aliphatic rings. The molecule has 0 aromatic rings. The molecule has 1 saturated heterocycles. The van der Waals surface area contributed by atoms with Crippen molar-refractivity contribution in [3.63, 3.8) is 0 Å². The molecule has 1 heterocycles. The minimum Gasteiger partial charge on any atom is -0.313 e. The van der Waals surface area contributed by atoms with E-state index in [0.717, 1.165) is 12.6 Å². The molecule has 0 unspecified atom stereocenters. The van der Waals surface area contributed by atoms with Gasteiger partial charge in [-0.2, -0.15) is 11.8 Å². The molecular formula is C10H21NS. The Hall–Kier alpha value is 0.310. The third kappa shape index (κ3) is 4.36. The molecule has 2 heteroatoms. The van der Waals surface area contributed by atoms with Crippen LogP contribution in [-0.4, -0.2) is 24.1 Å². The third-order valence-electron chi connectivity index (χ3n) is 2.14. The summed E-state index contributed by atoms with van der Waals surface area (Å²) in [4.78, 5) is 0. The molecule has 1 rings (SSSR count). The van der Waals surface area contributed by atoms with Crippen LogP contribution in [0.25, 0.3) is 0 Å². The van der Waals surface area contributed by atoms with Gasteiger partial charge in [0.25, 0.3) is 0 Å². The first-order chi connectivity index (χ1) is 5.58. The molecule has 0 aliphatic carbocycles. The van der Waals surface area contributed by atoms with E-state index in [1.165, 1.54) is 24.3 Å². The van der Waals surface area contributed by atoms with Crippen molar-refractivity contribution in [3.05, 3.63) is 0 Å². The molecule has 0 spiro atoms. The van der Waals surface area contributed by atoms with E-state index in [1.807, 2.05) is 0 Å². The van der Waals surface area contributed by atoms with Crippen LogP contribution >= 0.6 is 11.8 Å². The van der Waals surface area contributed by atoms with E-state index in [-0.39, 0.29) is 0 Å². The lowest BCUT2D eigenvalue weighted by molar-refractivity contribution is 0.342. The Labute approximate surface area is 80.7 Å². The van der Waals surface area contributed by atoms with Crippen LogP contribution in [0.2, 0.25) is 0 Å². The maximum absolute atomic E-state index is 3.65. The fraction of sp³-hybridized carbons (Fsp3) is 1.00. The van der Waals surface area contributed by atoms with Crippen molar-refractivity contribution in [2.24, 2.45) is 5.41 Å². The summed E-state index contributed by atoms with van der Waals surface area (Å²) in [5.74, 6) is 2.70. The quantitative estimate of drug-likeness (QED) is 0.713. The molecule has 0 radical (unpaired) electrons. The molecule has 0 amide bonds. The second kappa shape index (κ2) is 4.52. The zero-order chi connectivity index (χ0) is 9.03. The van der Waals surface area contributed by atoms with Crippen LogP contribution in [0, 0.1) is 5.41 Å². The van der Waals surface area contributed by atoms with Gasteiger partial charge in [0.2, 0.25) is 0 Å². The summed E-state index contributed by atoms with van der Waals surface area (Å²) < 4.78 is 0. The molecule has 1 aliphatic heterocycles. The standard InChI is InChI=1S/C10H21NS/c1-10(2,3)8-11-9-4-6-12-7-5-9/h9,11H,4-8H2,1-3H3. The van der Waals surface area contributed by atoms with E-state index in [4.69, 9.17) is 0 Å². The minimum atomic E-state index is 0.435. The highest BCUT2D eigenvalue weighted by atomic mass is 32.2. The van der Waals surface area contributed by atoms with Gasteiger partial charge < -0.3 is 5.32 Å². The Morgan fingerprint density at radius 2 is 1.83 bits per heavy atom. The lowest BCUT2D eigenvalue weighted by Crippen LogP contribution is -2.37. The maximum Gasteiger partial charge on any atom is 0.00829 e. The van der Waals surface area contributed by atoms with Gasteiger partial charge in [0, 0.05) is 12.6 Å².